The Morgan fingerprint density at radius 1 is 1.27 bits per heavy atom. The lowest BCUT2D eigenvalue weighted by Crippen LogP contribution is -2.16. The van der Waals surface area contributed by atoms with Crippen LogP contribution in [0.4, 0.5) is 5.95 Å². The molecule has 0 unspecified atom stereocenters. The van der Waals surface area contributed by atoms with Crippen molar-refractivity contribution in [2.75, 3.05) is 19.1 Å². The van der Waals surface area contributed by atoms with Gasteiger partial charge in [-0.3, -0.25) is 9.78 Å². The summed E-state index contributed by atoms with van der Waals surface area (Å²) in [5.41, 5.74) is 3.65. The van der Waals surface area contributed by atoms with Crippen molar-refractivity contribution in [1.29, 1.82) is 5.26 Å². The van der Waals surface area contributed by atoms with Gasteiger partial charge >= 0.3 is 0 Å². The molecule has 150 valence electrons. The van der Waals surface area contributed by atoms with Crippen LogP contribution in [-0.2, 0) is 0 Å². The lowest BCUT2D eigenvalue weighted by Gasteiger charge is -2.11. The largest absolute Gasteiger partial charge is 0.493 e. The van der Waals surface area contributed by atoms with E-state index in [1.807, 2.05) is 12.1 Å². The predicted octanol–water partition coefficient (Wildman–Crippen LogP) is 3.33. The van der Waals surface area contributed by atoms with Gasteiger partial charge in [0.1, 0.15) is 18.2 Å². The number of nitriles is 1. The minimum Gasteiger partial charge on any atom is -0.493 e. The number of aromatic amines is 1. The van der Waals surface area contributed by atoms with E-state index in [-0.39, 0.29) is 17.2 Å². The number of nitrogens with zero attached hydrogens (tertiary/aromatic N) is 3. The Morgan fingerprint density at radius 2 is 2.07 bits per heavy atom. The van der Waals surface area contributed by atoms with Crippen LogP contribution in [0, 0.1) is 11.3 Å². The quantitative estimate of drug-likeness (QED) is 0.340. The van der Waals surface area contributed by atoms with Gasteiger partial charge in [0, 0.05) is 11.1 Å². The standard InChI is InChI=1S/C22H19N5O3/c1-3-12-30-20-16(10-7-11-18(20)29-2)14-24-27-22-25-19(15-8-5-4-6-9-15)17(13-23)21(28)26-22/h3-11,14H,1,12H2,2H3,(H2,25,26,27,28). The van der Waals surface area contributed by atoms with Crippen LogP contribution in [0.5, 0.6) is 11.5 Å². The zero-order chi connectivity index (χ0) is 21.3. The number of hydrazone groups is 1. The van der Waals surface area contributed by atoms with E-state index in [9.17, 15) is 10.1 Å². The van der Waals surface area contributed by atoms with Gasteiger partial charge in [-0.2, -0.15) is 10.4 Å². The van der Waals surface area contributed by atoms with Crippen molar-refractivity contribution in [3.8, 4) is 28.8 Å². The third kappa shape index (κ3) is 4.54. The zero-order valence-electron chi connectivity index (χ0n) is 16.3. The highest BCUT2D eigenvalue weighted by Gasteiger charge is 2.13. The molecule has 3 rings (SSSR count). The first-order chi connectivity index (χ1) is 14.7. The van der Waals surface area contributed by atoms with Crippen molar-refractivity contribution >= 4 is 12.2 Å². The molecule has 0 radical (unpaired) electrons. The van der Waals surface area contributed by atoms with E-state index < -0.39 is 5.56 Å². The van der Waals surface area contributed by atoms with Gasteiger partial charge in [0.2, 0.25) is 5.95 Å². The lowest BCUT2D eigenvalue weighted by molar-refractivity contribution is 0.326. The first-order valence-electron chi connectivity index (χ1n) is 8.97. The number of hydrogen-bond acceptors (Lipinski definition) is 7. The summed E-state index contributed by atoms with van der Waals surface area (Å²) >= 11 is 0. The van der Waals surface area contributed by atoms with Crippen LogP contribution >= 0.6 is 0 Å². The highest BCUT2D eigenvalue weighted by molar-refractivity contribution is 5.85. The van der Waals surface area contributed by atoms with E-state index >= 15 is 0 Å². The third-order valence-corrected chi connectivity index (χ3v) is 4.03. The van der Waals surface area contributed by atoms with Gasteiger partial charge < -0.3 is 9.47 Å². The number of benzene rings is 2. The molecule has 2 aromatic carbocycles. The minimum atomic E-state index is -0.555. The Labute approximate surface area is 173 Å². The number of methoxy groups -OCH3 is 1. The maximum Gasteiger partial charge on any atom is 0.270 e. The first-order valence-corrected chi connectivity index (χ1v) is 8.97. The molecule has 0 amide bonds. The average Bonchev–Trinajstić information content (AvgIpc) is 2.78. The molecular formula is C22H19N5O3. The Hall–Kier alpha value is -4.38. The van der Waals surface area contributed by atoms with Gasteiger partial charge in [0.25, 0.3) is 5.56 Å². The lowest BCUT2D eigenvalue weighted by atomic mass is 10.1. The Balaban J connectivity index is 1.91. The normalized spacial score (nSPS) is 10.4. The van der Waals surface area contributed by atoms with Crippen molar-refractivity contribution < 1.29 is 9.47 Å². The van der Waals surface area contributed by atoms with Gasteiger partial charge in [-0.05, 0) is 12.1 Å². The summed E-state index contributed by atoms with van der Waals surface area (Å²) in [5.74, 6) is 1.17. The van der Waals surface area contributed by atoms with E-state index in [0.717, 1.165) is 0 Å². The van der Waals surface area contributed by atoms with Crippen LogP contribution in [0.2, 0.25) is 0 Å². The highest BCUT2D eigenvalue weighted by atomic mass is 16.5. The molecule has 0 saturated carbocycles. The molecule has 0 aliphatic rings. The predicted molar refractivity (Wildman–Crippen MR) is 115 cm³/mol. The fourth-order valence-electron chi connectivity index (χ4n) is 2.69. The molecule has 1 aromatic heterocycles. The number of ether oxygens (including phenoxy) is 2. The van der Waals surface area contributed by atoms with Gasteiger partial charge in [-0.1, -0.05) is 49.1 Å². The van der Waals surface area contributed by atoms with E-state index in [0.29, 0.717) is 29.2 Å². The molecule has 0 aliphatic heterocycles. The number of aromatic nitrogens is 2. The van der Waals surface area contributed by atoms with Crippen LogP contribution in [0.3, 0.4) is 0 Å². The molecule has 0 aliphatic carbocycles. The summed E-state index contributed by atoms with van der Waals surface area (Å²) in [5, 5.41) is 13.5. The van der Waals surface area contributed by atoms with Crippen LogP contribution in [0.25, 0.3) is 11.3 Å². The average molecular weight is 401 g/mol. The Morgan fingerprint density at radius 3 is 2.77 bits per heavy atom. The number of hydrogen-bond donors (Lipinski definition) is 2. The van der Waals surface area contributed by atoms with Gasteiger partial charge in [-0.15, -0.1) is 0 Å². The Kier molecular flexibility index (Phi) is 6.59. The second-order valence-corrected chi connectivity index (χ2v) is 5.96. The molecule has 2 N–H and O–H groups in total. The van der Waals surface area contributed by atoms with Crippen molar-refractivity contribution in [2.24, 2.45) is 5.10 Å². The van der Waals surface area contributed by atoms with Crippen LogP contribution in [-0.4, -0.2) is 29.9 Å². The van der Waals surface area contributed by atoms with E-state index in [1.165, 1.54) is 6.21 Å². The van der Waals surface area contributed by atoms with Gasteiger partial charge in [-0.25, -0.2) is 10.4 Å². The van der Waals surface area contributed by atoms with Gasteiger partial charge in [0.15, 0.2) is 11.5 Å². The second kappa shape index (κ2) is 9.71. The summed E-state index contributed by atoms with van der Waals surface area (Å²) in [4.78, 5) is 19.1. The third-order valence-electron chi connectivity index (χ3n) is 4.03. The maximum absolute atomic E-state index is 12.3. The van der Waals surface area contributed by atoms with Crippen LogP contribution < -0.4 is 20.5 Å². The molecule has 8 heteroatoms. The molecule has 0 spiro atoms. The fraction of sp³-hybridized carbons (Fsp3) is 0.0909. The number of para-hydroxylation sites is 1. The molecule has 0 atom stereocenters. The maximum atomic E-state index is 12.3. The van der Waals surface area contributed by atoms with Gasteiger partial charge in [0.05, 0.1) is 19.0 Å². The van der Waals surface area contributed by atoms with E-state index in [1.54, 1.807) is 55.7 Å². The van der Waals surface area contributed by atoms with Crippen LogP contribution in [0.1, 0.15) is 11.1 Å². The van der Waals surface area contributed by atoms with Crippen molar-refractivity contribution in [1.82, 2.24) is 9.97 Å². The SMILES string of the molecule is C=CCOc1c(C=NNc2nc(-c3ccccc3)c(C#N)c(=O)[nH]2)cccc1OC. The minimum absolute atomic E-state index is 0.0661. The molecule has 3 aromatic rings. The number of anilines is 1. The van der Waals surface area contributed by atoms with Crippen molar-refractivity contribution in [3.05, 3.63) is 82.7 Å². The molecule has 30 heavy (non-hydrogen) atoms. The molecule has 0 bridgehead atoms. The monoisotopic (exact) mass is 401 g/mol. The summed E-state index contributed by atoms with van der Waals surface area (Å²) in [6, 6.07) is 16.3. The summed E-state index contributed by atoms with van der Waals surface area (Å²) in [7, 11) is 1.55. The Bertz CT molecular complexity index is 1160. The van der Waals surface area contributed by atoms with E-state index in [4.69, 9.17) is 9.47 Å². The molecular weight excluding hydrogens is 382 g/mol. The highest BCUT2D eigenvalue weighted by Crippen LogP contribution is 2.30. The fourth-order valence-corrected chi connectivity index (χ4v) is 2.69. The number of H-pyrrole nitrogens is 1. The smallest absolute Gasteiger partial charge is 0.270 e. The summed E-state index contributed by atoms with van der Waals surface area (Å²) < 4.78 is 11.0. The summed E-state index contributed by atoms with van der Waals surface area (Å²) in [6.45, 7) is 3.95. The summed E-state index contributed by atoms with van der Waals surface area (Å²) in [6.07, 6.45) is 3.14. The van der Waals surface area contributed by atoms with Crippen LogP contribution in [0.15, 0.2) is 71.1 Å². The van der Waals surface area contributed by atoms with Crippen molar-refractivity contribution in [2.45, 2.75) is 0 Å². The zero-order valence-corrected chi connectivity index (χ0v) is 16.3. The molecule has 8 nitrogen and oxygen atoms in total. The first kappa shape index (κ1) is 20.4. The number of rotatable bonds is 8. The van der Waals surface area contributed by atoms with E-state index in [2.05, 4.69) is 27.1 Å². The second-order valence-electron chi connectivity index (χ2n) is 5.96. The molecule has 1 heterocycles. The molecule has 0 fully saturated rings. The number of nitrogens with one attached hydrogen (secondary N) is 2. The van der Waals surface area contributed by atoms with Crippen molar-refractivity contribution in [3.63, 3.8) is 0 Å². The molecule has 0 saturated heterocycles. The topological polar surface area (TPSA) is 112 Å².